The highest BCUT2D eigenvalue weighted by atomic mass is 32.2. The lowest BCUT2D eigenvalue weighted by Gasteiger charge is -2.16. The number of carbonyl (C=O) groups is 1. The average molecular weight is 284 g/mol. The van der Waals surface area contributed by atoms with Gasteiger partial charge in [-0.1, -0.05) is 54.2 Å². The Kier molecular flexibility index (Phi) is 3.73. The molecule has 1 amide bonds. The van der Waals surface area contributed by atoms with E-state index < -0.39 is 6.17 Å². The van der Waals surface area contributed by atoms with Gasteiger partial charge in [0.25, 0.3) is 5.91 Å². The van der Waals surface area contributed by atoms with Crippen molar-refractivity contribution in [2.24, 2.45) is 15.2 Å². The maximum absolute atomic E-state index is 11.7. The van der Waals surface area contributed by atoms with Crippen molar-refractivity contribution in [1.29, 1.82) is 0 Å². The van der Waals surface area contributed by atoms with E-state index in [1.54, 1.807) is 0 Å². The van der Waals surface area contributed by atoms with Gasteiger partial charge in [-0.05, 0) is 5.56 Å². The molecule has 0 radical (unpaired) electrons. The second kappa shape index (κ2) is 5.83. The van der Waals surface area contributed by atoms with Crippen molar-refractivity contribution in [3.8, 4) is 0 Å². The highest BCUT2D eigenvalue weighted by Crippen LogP contribution is 2.22. The number of hydrogen-bond donors (Lipinski definition) is 1. The number of fused-ring (bicyclic) bond motifs is 1. The number of benzene rings is 1. The standard InChI is InChI=1S/C14H12N4OS/c19-13-11-9-15-18-12(11)16-14(17-13)20-8-4-7-10-5-2-1-3-6-10/h1-7,9,12H,8H2,(H,16,17,19)/b7-4+. The van der Waals surface area contributed by atoms with Crippen LogP contribution in [0.5, 0.6) is 0 Å². The number of nitrogens with one attached hydrogen (secondary N) is 1. The van der Waals surface area contributed by atoms with Crippen LogP contribution in [0.15, 0.2) is 63.4 Å². The van der Waals surface area contributed by atoms with Crippen LogP contribution >= 0.6 is 11.8 Å². The fourth-order valence-corrected chi connectivity index (χ4v) is 2.51. The quantitative estimate of drug-likeness (QED) is 0.927. The highest BCUT2D eigenvalue weighted by Gasteiger charge is 2.29. The Hall–Kier alpha value is -2.21. The molecule has 0 saturated carbocycles. The summed E-state index contributed by atoms with van der Waals surface area (Å²) in [6.07, 6.45) is 5.08. The van der Waals surface area contributed by atoms with Gasteiger partial charge in [-0.25, -0.2) is 4.99 Å². The van der Waals surface area contributed by atoms with E-state index in [1.165, 1.54) is 18.0 Å². The Bertz CT molecular complexity index is 634. The van der Waals surface area contributed by atoms with Crippen LogP contribution in [0.4, 0.5) is 0 Å². The van der Waals surface area contributed by atoms with Crippen LogP contribution in [0.3, 0.4) is 0 Å². The van der Waals surface area contributed by atoms with Crippen molar-refractivity contribution in [1.82, 2.24) is 5.32 Å². The van der Waals surface area contributed by atoms with Crippen LogP contribution in [-0.2, 0) is 4.79 Å². The monoisotopic (exact) mass is 284 g/mol. The summed E-state index contributed by atoms with van der Waals surface area (Å²) in [6, 6.07) is 10.1. The van der Waals surface area contributed by atoms with Crippen LogP contribution in [0.2, 0.25) is 0 Å². The molecular formula is C14H12N4OS. The molecule has 0 aromatic heterocycles. The Morgan fingerprint density at radius 2 is 2.15 bits per heavy atom. The van der Waals surface area contributed by atoms with E-state index in [-0.39, 0.29) is 5.91 Å². The molecule has 1 aromatic rings. The molecule has 0 spiro atoms. The summed E-state index contributed by atoms with van der Waals surface area (Å²) in [4.78, 5) is 16.1. The van der Waals surface area contributed by atoms with Crippen molar-refractivity contribution >= 4 is 28.9 Å². The van der Waals surface area contributed by atoms with E-state index in [2.05, 4.69) is 20.5 Å². The van der Waals surface area contributed by atoms with Gasteiger partial charge < -0.3 is 5.32 Å². The summed E-state index contributed by atoms with van der Waals surface area (Å²) < 4.78 is 0. The van der Waals surface area contributed by atoms with Crippen LogP contribution in [0, 0.1) is 0 Å². The summed E-state index contributed by atoms with van der Waals surface area (Å²) in [6.45, 7) is 0. The van der Waals surface area contributed by atoms with Gasteiger partial charge in [0.15, 0.2) is 11.3 Å². The van der Waals surface area contributed by atoms with E-state index in [9.17, 15) is 4.79 Å². The van der Waals surface area contributed by atoms with Crippen LogP contribution in [0.25, 0.3) is 6.08 Å². The third-order valence-electron chi connectivity index (χ3n) is 2.80. The highest BCUT2D eigenvalue weighted by molar-refractivity contribution is 8.14. The second-order valence-corrected chi connectivity index (χ2v) is 5.21. The maximum atomic E-state index is 11.7. The SMILES string of the molecule is O=C1NC(SC/C=C/c2ccccc2)=NC2N=NC=C12. The lowest BCUT2D eigenvalue weighted by Crippen LogP contribution is -2.37. The molecule has 100 valence electrons. The normalized spacial score (nSPS) is 20.6. The average Bonchev–Trinajstić information content (AvgIpc) is 2.94. The molecule has 1 aromatic carbocycles. The molecule has 3 rings (SSSR count). The molecule has 5 nitrogen and oxygen atoms in total. The zero-order chi connectivity index (χ0) is 13.8. The van der Waals surface area contributed by atoms with Crippen LogP contribution in [0.1, 0.15) is 5.56 Å². The Morgan fingerprint density at radius 3 is 3.00 bits per heavy atom. The summed E-state index contributed by atoms with van der Waals surface area (Å²) in [5, 5.41) is 10.9. The predicted molar refractivity (Wildman–Crippen MR) is 80.2 cm³/mol. The molecule has 2 heterocycles. The molecule has 0 saturated heterocycles. The minimum Gasteiger partial charge on any atom is -0.301 e. The van der Waals surface area contributed by atoms with Gasteiger partial charge >= 0.3 is 0 Å². The molecule has 2 aliphatic rings. The number of hydrogen-bond acceptors (Lipinski definition) is 5. The number of carbonyl (C=O) groups excluding carboxylic acids is 1. The van der Waals surface area contributed by atoms with Gasteiger partial charge in [0.05, 0.1) is 11.8 Å². The van der Waals surface area contributed by atoms with E-state index in [1.807, 2.05) is 42.5 Å². The first-order valence-electron chi connectivity index (χ1n) is 6.16. The Labute approximate surface area is 120 Å². The van der Waals surface area contributed by atoms with Crippen molar-refractivity contribution < 1.29 is 4.79 Å². The number of amidine groups is 1. The van der Waals surface area contributed by atoms with Crippen molar-refractivity contribution in [3.63, 3.8) is 0 Å². The number of rotatable bonds is 3. The number of thioether (sulfide) groups is 1. The van der Waals surface area contributed by atoms with Gasteiger partial charge in [-0.2, -0.15) is 10.2 Å². The molecular weight excluding hydrogens is 272 g/mol. The molecule has 1 unspecified atom stereocenters. The Morgan fingerprint density at radius 1 is 1.30 bits per heavy atom. The summed E-state index contributed by atoms with van der Waals surface area (Å²) in [5.74, 6) is 0.571. The Balaban J connectivity index is 1.57. The lowest BCUT2D eigenvalue weighted by molar-refractivity contribution is -0.116. The van der Waals surface area contributed by atoms with Gasteiger partial charge in [-0.3, -0.25) is 4.79 Å². The molecule has 2 aliphatic heterocycles. The third kappa shape index (κ3) is 2.85. The van der Waals surface area contributed by atoms with Crippen molar-refractivity contribution in [2.75, 3.05) is 5.75 Å². The second-order valence-electron chi connectivity index (χ2n) is 4.20. The molecule has 0 aliphatic carbocycles. The minimum atomic E-state index is -0.454. The van der Waals surface area contributed by atoms with Gasteiger partial charge in [0.2, 0.25) is 0 Å². The lowest BCUT2D eigenvalue weighted by atomic mass is 10.2. The molecule has 6 heteroatoms. The van der Waals surface area contributed by atoms with E-state index in [0.29, 0.717) is 10.7 Å². The smallest absolute Gasteiger partial charge is 0.258 e. The van der Waals surface area contributed by atoms with Crippen LogP contribution in [-0.4, -0.2) is 23.0 Å². The topological polar surface area (TPSA) is 66.2 Å². The largest absolute Gasteiger partial charge is 0.301 e. The van der Waals surface area contributed by atoms with Gasteiger partial charge in [0.1, 0.15) is 0 Å². The summed E-state index contributed by atoms with van der Waals surface area (Å²) >= 11 is 1.47. The van der Waals surface area contributed by atoms with E-state index in [0.717, 1.165) is 11.3 Å². The zero-order valence-electron chi connectivity index (χ0n) is 10.6. The zero-order valence-corrected chi connectivity index (χ0v) is 11.4. The first kappa shape index (κ1) is 12.8. The van der Waals surface area contributed by atoms with Crippen LogP contribution < -0.4 is 5.32 Å². The van der Waals surface area contributed by atoms with E-state index >= 15 is 0 Å². The summed E-state index contributed by atoms with van der Waals surface area (Å²) in [7, 11) is 0. The first-order valence-corrected chi connectivity index (χ1v) is 7.15. The number of aliphatic imine (C=N–C) groups is 1. The van der Waals surface area contributed by atoms with Gasteiger partial charge in [0, 0.05) is 5.75 Å². The fourth-order valence-electron chi connectivity index (χ4n) is 1.82. The predicted octanol–water partition coefficient (Wildman–Crippen LogP) is 2.59. The van der Waals surface area contributed by atoms with Crippen molar-refractivity contribution in [2.45, 2.75) is 6.17 Å². The van der Waals surface area contributed by atoms with E-state index in [4.69, 9.17) is 0 Å². The number of amides is 1. The molecule has 1 atom stereocenters. The molecule has 0 fully saturated rings. The molecule has 20 heavy (non-hydrogen) atoms. The number of nitrogens with zero attached hydrogens (tertiary/aromatic N) is 3. The summed E-state index contributed by atoms with van der Waals surface area (Å²) in [5.41, 5.74) is 1.66. The first-order chi connectivity index (χ1) is 9.83. The van der Waals surface area contributed by atoms with Crippen molar-refractivity contribution in [3.05, 3.63) is 53.7 Å². The van der Waals surface area contributed by atoms with Gasteiger partial charge in [-0.15, -0.1) is 0 Å². The third-order valence-corrected chi connectivity index (χ3v) is 3.64. The molecule has 1 N–H and O–H groups in total. The maximum Gasteiger partial charge on any atom is 0.258 e. The number of azo groups is 1. The minimum absolute atomic E-state index is 0.162. The fraction of sp³-hybridized carbons (Fsp3) is 0.143. The molecule has 0 bridgehead atoms.